The zero-order valence-electron chi connectivity index (χ0n) is 13.2. The number of nitrogens with one attached hydrogen (secondary N) is 3. The number of fused-ring (bicyclic) bond motifs is 1. The molecule has 0 spiro atoms. The molecule has 0 unspecified atom stereocenters. The molecule has 1 aliphatic heterocycles. The Morgan fingerprint density at radius 1 is 1.08 bits per heavy atom. The van der Waals surface area contributed by atoms with Crippen molar-refractivity contribution in [3.05, 3.63) is 60.3 Å². The average molecular weight is 359 g/mol. The van der Waals surface area contributed by atoms with Crippen molar-refractivity contribution in [3.63, 3.8) is 0 Å². The number of benzene rings is 2. The summed E-state index contributed by atoms with van der Waals surface area (Å²) in [6, 6.07) is 13.5. The first-order valence-electron chi connectivity index (χ1n) is 7.59. The van der Waals surface area contributed by atoms with Crippen LogP contribution in [0.15, 0.2) is 59.6 Å². The predicted molar refractivity (Wildman–Crippen MR) is 95.4 cm³/mol. The van der Waals surface area contributed by atoms with Crippen LogP contribution in [0.1, 0.15) is 5.56 Å². The van der Waals surface area contributed by atoms with Crippen molar-refractivity contribution < 1.29 is 18.3 Å². The Morgan fingerprint density at radius 2 is 1.80 bits per heavy atom. The van der Waals surface area contributed by atoms with E-state index in [-0.39, 0.29) is 24.0 Å². The van der Waals surface area contributed by atoms with Gasteiger partial charge in [0.2, 0.25) is 10.0 Å². The Morgan fingerprint density at radius 3 is 2.52 bits per heavy atom. The van der Waals surface area contributed by atoms with Gasteiger partial charge < -0.3 is 15.7 Å². The summed E-state index contributed by atoms with van der Waals surface area (Å²) in [5, 5.41) is 14.5. The first-order valence-corrected chi connectivity index (χ1v) is 9.07. The van der Waals surface area contributed by atoms with Crippen molar-refractivity contribution in [2.75, 3.05) is 23.8 Å². The lowest BCUT2D eigenvalue weighted by atomic mass is 10.1. The van der Waals surface area contributed by atoms with Gasteiger partial charge in [-0.25, -0.2) is 13.1 Å². The molecule has 1 heterocycles. The summed E-state index contributed by atoms with van der Waals surface area (Å²) in [5.74, 6) is -0.193. The Hall–Kier alpha value is -2.68. The lowest BCUT2D eigenvalue weighted by molar-refractivity contribution is -0.110. The molecule has 0 aromatic heterocycles. The van der Waals surface area contributed by atoms with E-state index in [0.717, 1.165) is 11.3 Å². The zero-order valence-corrected chi connectivity index (χ0v) is 14.0. The van der Waals surface area contributed by atoms with Gasteiger partial charge in [0.25, 0.3) is 5.91 Å². The molecule has 4 N–H and O–H groups in total. The average Bonchev–Trinajstić information content (AvgIpc) is 2.94. The first-order chi connectivity index (χ1) is 12.0. The number of anilines is 2. The molecule has 0 fully saturated rings. The molecule has 8 heteroatoms. The molecule has 0 atom stereocenters. The quantitative estimate of drug-likeness (QED) is 0.583. The van der Waals surface area contributed by atoms with Crippen molar-refractivity contribution in [2.45, 2.75) is 4.90 Å². The number of carbonyl (C=O) groups is 1. The molecule has 0 saturated carbocycles. The summed E-state index contributed by atoms with van der Waals surface area (Å²) in [5.41, 5.74) is 2.73. The van der Waals surface area contributed by atoms with Crippen molar-refractivity contribution in [1.82, 2.24) is 4.72 Å². The molecule has 0 aliphatic carbocycles. The third-order valence-corrected chi connectivity index (χ3v) is 5.14. The van der Waals surface area contributed by atoms with Crippen LogP contribution < -0.4 is 15.4 Å². The Labute approximate surface area is 145 Å². The minimum atomic E-state index is -3.64. The van der Waals surface area contributed by atoms with Gasteiger partial charge in [-0.05, 0) is 30.3 Å². The highest BCUT2D eigenvalue weighted by molar-refractivity contribution is 7.89. The second-order valence-corrected chi connectivity index (χ2v) is 7.11. The maximum Gasteiger partial charge on any atom is 0.257 e. The number of aliphatic hydroxyl groups excluding tert-OH is 1. The van der Waals surface area contributed by atoms with E-state index in [1.807, 2.05) is 24.3 Å². The van der Waals surface area contributed by atoms with Gasteiger partial charge in [-0.15, -0.1) is 0 Å². The summed E-state index contributed by atoms with van der Waals surface area (Å²) in [7, 11) is -3.64. The maximum absolute atomic E-state index is 12.0. The van der Waals surface area contributed by atoms with Gasteiger partial charge in [0.1, 0.15) is 0 Å². The van der Waals surface area contributed by atoms with Crippen LogP contribution in [0, 0.1) is 0 Å². The molecule has 0 saturated heterocycles. The second-order valence-electron chi connectivity index (χ2n) is 5.35. The maximum atomic E-state index is 12.0. The van der Waals surface area contributed by atoms with Crippen molar-refractivity contribution in [2.24, 2.45) is 0 Å². The normalized spacial score (nSPS) is 15.1. The van der Waals surface area contributed by atoms with Gasteiger partial charge in [-0.3, -0.25) is 4.79 Å². The van der Waals surface area contributed by atoms with Gasteiger partial charge in [0, 0.05) is 29.7 Å². The number of amides is 1. The van der Waals surface area contributed by atoms with E-state index in [1.165, 1.54) is 12.1 Å². The number of rotatable bonds is 6. The Bertz CT molecular complexity index is 921. The molecule has 1 aliphatic rings. The van der Waals surface area contributed by atoms with Gasteiger partial charge in [-0.2, -0.15) is 0 Å². The Balaban J connectivity index is 1.76. The minimum Gasteiger partial charge on any atom is -0.395 e. The fraction of sp³-hybridized carbons (Fsp3) is 0.118. The fourth-order valence-corrected chi connectivity index (χ4v) is 3.45. The van der Waals surface area contributed by atoms with E-state index in [9.17, 15) is 13.2 Å². The van der Waals surface area contributed by atoms with Gasteiger partial charge in [0.05, 0.1) is 17.1 Å². The van der Waals surface area contributed by atoms with Gasteiger partial charge in [-0.1, -0.05) is 18.2 Å². The summed E-state index contributed by atoms with van der Waals surface area (Å²) in [6.45, 7) is -0.307. The molecule has 2 aromatic rings. The third kappa shape index (κ3) is 3.71. The molecule has 0 radical (unpaired) electrons. The number of aliphatic hydroxyl groups is 1. The smallest absolute Gasteiger partial charge is 0.257 e. The van der Waals surface area contributed by atoms with Crippen LogP contribution in [0.5, 0.6) is 0 Å². The highest BCUT2D eigenvalue weighted by Crippen LogP contribution is 2.31. The third-order valence-electron chi connectivity index (χ3n) is 3.66. The highest BCUT2D eigenvalue weighted by Gasteiger charge is 2.23. The molecular weight excluding hydrogens is 342 g/mol. The molecule has 0 bridgehead atoms. The van der Waals surface area contributed by atoms with Crippen molar-refractivity contribution >= 4 is 32.9 Å². The molecule has 25 heavy (non-hydrogen) atoms. The summed E-state index contributed by atoms with van der Waals surface area (Å²) in [6.07, 6.45) is 1.59. The van der Waals surface area contributed by atoms with E-state index in [4.69, 9.17) is 5.11 Å². The fourth-order valence-electron chi connectivity index (χ4n) is 2.43. The van der Waals surface area contributed by atoms with Crippen LogP contribution in [-0.2, 0) is 14.8 Å². The zero-order chi connectivity index (χ0) is 17.9. The van der Waals surface area contributed by atoms with Crippen molar-refractivity contribution in [1.29, 1.82) is 0 Å². The predicted octanol–water partition coefficient (Wildman–Crippen LogP) is 1.36. The summed E-state index contributed by atoms with van der Waals surface area (Å²) < 4.78 is 26.2. The van der Waals surface area contributed by atoms with Gasteiger partial charge >= 0.3 is 0 Å². The summed E-state index contributed by atoms with van der Waals surface area (Å²) in [4.78, 5) is 12.1. The van der Waals surface area contributed by atoms with Crippen LogP contribution >= 0.6 is 0 Å². The number of para-hydroxylation sites is 1. The molecule has 2 aromatic carbocycles. The standard InChI is InChI=1S/C17H17N3O4S/c21-10-9-19-25(23,24)13-7-5-12(6-8-13)18-11-15-14-3-1-2-4-16(14)20-17(15)22/h1-8,11,18-19,21H,9-10H2,(H,20,22). The molecule has 130 valence electrons. The van der Waals surface area contributed by atoms with Crippen LogP contribution in [0.4, 0.5) is 11.4 Å². The second kappa shape index (κ2) is 7.06. The van der Waals surface area contributed by atoms with E-state index in [1.54, 1.807) is 18.3 Å². The van der Waals surface area contributed by atoms with E-state index >= 15 is 0 Å². The number of hydrogen-bond acceptors (Lipinski definition) is 5. The lowest BCUT2D eigenvalue weighted by Gasteiger charge is -2.07. The van der Waals surface area contributed by atoms with Crippen LogP contribution in [-0.4, -0.2) is 32.6 Å². The molecule has 7 nitrogen and oxygen atoms in total. The van der Waals surface area contributed by atoms with Crippen LogP contribution in [0.3, 0.4) is 0 Å². The lowest BCUT2D eigenvalue weighted by Crippen LogP contribution is -2.26. The van der Waals surface area contributed by atoms with E-state index < -0.39 is 10.0 Å². The minimum absolute atomic E-state index is 0.0387. The van der Waals surface area contributed by atoms with E-state index in [0.29, 0.717) is 11.3 Å². The van der Waals surface area contributed by atoms with Crippen LogP contribution in [0.2, 0.25) is 0 Å². The Kier molecular flexibility index (Phi) is 4.84. The SMILES string of the molecule is O=C1Nc2ccccc2C1=CNc1ccc(S(=O)(=O)NCCO)cc1. The van der Waals surface area contributed by atoms with Crippen LogP contribution in [0.25, 0.3) is 5.57 Å². The topological polar surface area (TPSA) is 108 Å². The number of sulfonamides is 1. The van der Waals surface area contributed by atoms with E-state index in [2.05, 4.69) is 15.4 Å². The first kappa shape index (κ1) is 17.2. The molecule has 1 amide bonds. The summed E-state index contributed by atoms with van der Waals surface area (Å²) >= 11 is 0. The van der Waals surface area contributed by atoms with Crippen molar-refractivity contribution in [3.8, 4) is 0 Å². The number of hydrogen-bond donors (Lipinski definition) is 4. The highest BCUT2D eigenvalue weighted by atomic mass is 32.2. The molecule has 3 rings (SSSR count). The van der Waals surface area contributed by atoms with Gasteiger partial charge in [0.15, 0.2) is 0 Å². The monoisotopic (exact) mass is 359 g/mol. The number of carbonyl (C=O) groups excluding carboxylic acids is 1. The molecular formula is C17H17N3O4S. The largest absolute Gasteiger partial charge is 0.395 e.